The van der Waals surface area contributed by atoms with Gasteiger partial charge in [0.1, 0.15) is 0 Å². The average Bonchev–Trinajstić information content (AvgIpc) is 1.84. The number of nitrogens with one attached hydrogen (secondary N) is 1. The van der Waals surface area contributed by atoms with E-state index in [4.69, 9.17) is 15.0 Å². The smallest absolute Gasteiger partial charge is 0.300 e. The van der Waals surface area contributed by atoms with Gasteiger partial charge in [0, 0.05) is 13.0 Å². The standard InChI is InChI=1S/C5H5NO2.C2H4O2/c7-4-2-1-3-5(8)6-4;1-2(3)4/h1-3H,(H2,6,7,8);1H3,(H,3,4). The number of aromatic amines is 1. The molecule has 1 heterocycles. The maximum Gasteiger partial charge on any atom is 0.300 e. The second kappa shape index (κ2) is 4.95. The highest BCUT2D eigenvalue weighted by atomic mass is 16.4. The number of carbonyl (C=O) groups is 1. The van der Waals surface area contributed by atoms with E-state index in [1.165, 1.54) is 18.2 Å². The van der Waals surface area contributed by atoms with E-state index in [2.05, 4.69) is 4.98 Å². The van der Waals surface area contributed by atoms with Crippen LogP contribution in [0, 0.1) is 0 Å². The predicted octanol–water partition coefficient (Wildman–Crippen LogP) is 0.171. The first kappa shape index (κ1) is 10.2. The third kappa shape index (κ3) is 6.34. The van der Waals surface area contributed by atoms with E-state index >= 15 is 0 Å². The van der Waals surface area contributed by atoms with Crippen molar-refractivity contribution in [3.8, 4) is 5.88 Å². The fourth-order valence-corrected chi connectivity index (χ4v) is 0.436. The Hall–Kier alpha value is -1.78. The van der Waals surface area contributed by atoms with Gasteiger partial charge in [0.25, 0.3) is 11.5 Å². The first-order valence-corrected chi connectivity index (χ1v) is 3.10. The highest BCUT2D eigenvalue weighted by Gasteiger charge is 1.81. The van der Waals surface area contributed by atoms with E-state index in [1.54, 1.807) is 0 Å². The number of H-pyrrole nitrogens is 1. The predicted molar refractivity (Wildman–Crippen MR) is 42.0 cm³/mol. The lowest BCUT2D eigenvalue weighted by Gasteiger charge is -1.84. The molecule has 0 aliphatic carbocycles. The zero-order valence-electron chi connectivity index (χ0n) is 6.44. The molecule has 0 unspecified atom stereocenters. The fraction of sp³-hybridized carbons (Fsp3) is 0.143. The van der Waals surface area contributed by atoms with Crippen LogP contribution in [0.15, 0.2) is 23.0 Å². The molecule has 0 aliphatic rings. The van der Waals surface area contributed by atoms with Crippen LogP contribution in [0.25, 0.3) is 0 Å². The molecule has 0 bridgehead atoms. The molecule has 1 rings (SSSR count). The number of hydrogen-bond acceptors (Lipinski definition) is 3. The molecule has 0 fully saturated rings. The van der Waals surface area contributed by atoms with Gasteiger partial charge in [0.2, 0.25) is 0 Å². The molecule has 0 aliphatic heterocycles. The highest BCUT2D eigenvalue weighted by molar-refractivity contribution is 5.62. The SMILES string of the molecule is CC(=O)O.O=c1cccc(O)[nH]1. The summed E-state index contributed by atoms with van der Waals surface area (Å²) in [5.74, 6) is -0.933. The van der Waals surface area contributed by atoms with Crippen molar-refractivity contribution in [1.29, 1.82) is 0 Å². The fourth-order valence-electron chi connectivity index (χ4n) is 0.436. The molecule has 1 aromatic rings. The Kier molecular flexibility index (Phi) is 4.21. The molecule has 12 heavy (non-hydrogen) atoms. The largest absolute Gasteiger partial charge is 0.495 e. The van der Waals surface area contributed by atoms with Crippen LogP contribution in [0.4, 0.5) is 0 Å². The minimum Gasteiger partial charge on any atom is -0.495 e. The number of aromatic hydroxyl groups is 1. The van der Waals surface area contributed by atoms with Crippen molar-refractivity contribution in [1.82, 2.24) is 4.98 Å². The summed E-state index contributed by atoms with van der Waals surface area (Å²) >= 11 is 0. The molecule has 66 valence electrons. The van der Waals surface area contributed by atoms with Crippen LogP contribution in [0.3, 0.4) is 0 Å². The second-order valence-corrected chi connectivity index (χ2v) is 1.92. The molecule has 0 spiro atoms. The number of carboxylic acids is 1. The van der Waals surface area contributed by atoms with Gasteiger partial charge in [-0.2, -0.15) is 0 Å². The van der Waals surface area contributed by atoms with Crippen molar-refractivity contribution in [3.05, 3.63) is 28.6 Å². The highest BCUT2D eigenvalue weighted by Crippen LogP contribution is 1.93. The maximum absolute atomic E-state index is 10.3. The Morgan fingerprint density at radius 2 is 2.00 bits per heavy atom. The lowest BCUT2D eigenvalue weighted by Crippen LogP contribution is -2.00. The molecule has 0 atom stereocenters. The van der Waals surface area contributed by atoms with E-state index in [1.807, 2.05) is 0 Å². The van der Waals surface area contributed by atoms with E-state index < -0.39 is 5.97 Å². The van der Waals surface area contributed by atoms with E-state index in [-0.39, 0.29) is 11.4 Å². The van der Waals surface area contributed by atoms with E-state index in [0.29, 0.717) is 0 Å². The molecule has 0 radical (unpaired) electrons. The van der Waals surface area contributed by atoms with Crippen LogP contribution in [-0.2, 0) is 4.79 Å². The zero-order chi connectivity index (χ0) is 9.56. The first-order valence-electron chi connectivity index (χ1n) is 3.10. The molecule has 0 saturated heterocycles. The topological polar surface area (TPSA) is 90.4 Å². The summed E-state index contributed by atoms with van der Waals surface area (Å²) in [4.78, 5) is 21.4. The third-order valence-electron chi connectivity index (χ3n) is 0.753. The van der Waals surface area contributed by atoms with Gasteiger partial charge in [-0.25, -0.2) is 0 Å². The quantitative estimate of drug-likeness (QED) is 0.519. The molecule has 1 aromatic heterocycles. The van der Waals surface area contributed by atoms with Gasteiger partial charge in [0.05, 0.1) is 0 Å². The Balaban J connectivity index is 0.000000261. The number of carboxylic acid groups (broad SMARTS) is 1. The molecule has 0 saturated carbocycles. The van der Waals surface area contributed by atoms with Crippen LogP contribution in [0.5, 0.6) is 5.88 Å². The van der Waals surface area contributed by atoms with Crippen molar-refractivity contribution in [3.63, 3.8) is 0 Å². The van der Waals surface area contributed by atoms with Crippen molar-refractivity contribution < 1.29 is 15.0 Å². The summed E-state index contributed by atoms with van der Waals surface area (Å²) in [5, 5.41) is 16.0. The molecule has 0 amide bonds. The van der Waals surface area contributed by atoms with E-state index in [9.17, 15) is 4.79 Å². The molecule has 5 nitrogen and oxygen atoms in total. The van der Waals surface area contributed by atoms with E-state index in [0.717, 1.165) is 6.92 Å². The molecule has 3 N–H and O–H groups in total. The molecular weight excluding hydrogens is 162 g/mol. The van der Waals surface area contributed by atoms with Gasteiger partial charge in [-0.05, 0) is 6.07 Å². The number of hydrogen-bond donors (Lipinski definition) is 3. The minimum atomic E-state index is -0.833. The van der Waals surface area contributed by atoms with Gasteiger partial charge < -0.3 is 10.2 Å². The minimum absolute atomic E-state index is 0.0995. The normalized spacial score (nSPS) is 8.08. The Morgan fingerprint density at radius 3 is 2.25 bits per heavy atom. The van der Waals surface area contributed by atoms with Crippen LogP contribution in [-0.4, -0.2) is 21.2 Å². The zero-order valence-corrected chi connectivity index (χ0v) is 6.44. The number of rotatable bonds is 0. The van der Waals surface area contributed by atoms with Crippen molar-refractivity contribution in [2.24, 2.45) is 0 Å². The van der Waals surface area contributed by atoms with Crippen LogP contribution in [0.1, 0.15) is 6.92 Å². The average molecular weight is 171 g/mol. The van der Waals surface area contributed by atoms with Gasteiger partial charge in [-0.15, -0.1) is 0 Å². The summed E-state index contributed by atoms with van der Waals surface area (Å²) in [7, 11) is 0. The Labute approximate surface area is 68.3 Å². The summed E-state index contributed by atoms with van der Waals surface area (Å²) in [5.41, 5.74) is -0.287. The molecule has 0 aromatic carbocycles. The summed E-state index contributed by atoms with van der Waals surface area (Å²) in [6, 6.07) is 4.22. The molecular formula is C7H9NO4. The van der Waals surface area contributed by atoms with Crippen molar-refractivity contribution in [2.45, 2.75) is 6.92 Å². The van der Waals surface area contributed by atoms with Gasteiger partial charge in [0.15, 0.2) is 5.88 Å². The number of aromatic nitrogens is 1. The first-order chi connectivity index (χ1) is 5.52. The molecule has 5 heteroatoms. The maximum atomic E-state index is 10.3. The van der Waals surface area contributed by atoms with Gasteiger partial charge >= 0.3 is 0 Å². The number of pyridine rings is 1. The van der Waals surface area contributed by atoms with Crippen LogP contribution < -0.4 is 5.56 Å². The summed E-state index contributed by atoms with van der Waals surface area (Å²) in [6.45, 7) is 1.08. The van der Waals surface area contributed by atoms with Crippen molar-refractivity contribution >= 4 is 5.97 Å². The summed E-state index contributed by atoms with van der Waals surface area (Å²) in [6.07, 6.45) is 0. The Bertz CT molecular complexity index is 300. The van der Waals surface area contributed by atoms with Crippen LogP contribution in [0.2, 0.25) is 0 Å². The van der Waals surface area contributed by atoms with Crippen LogP contribution >= 0.6 is 0 Å². The third-order valence-corrected chi connectivity index (χ3v) is 0.753. The Morgan fingerprint density at radius 1 is 1.50 bits per heavy atom. The lowest BCUT2D eigenvalue weighted by atomic mass is 10.5. The lowest BCUT2D eigenvalue weighted by molar-refractivity contribution is -0.134. The monoisotopic (exact) mass is 171 g/mol. The van der Waals surface area contributed by atoms with Gasteiger partial charge in [-0.3, -0.25) is 14.6 Å². The number of aliphatic carboxylic acids is 1. The summed E-state index contributed by atoms with van der Waals surface area (Å²) < 4.78 is 0. The van der Waals surface area contributed by atoms with Crippen molar-refractivity contribution in [2.75, 3.05) is 0 Å². The van der Waals surface area contributed by atoms with Gasteiger partial charge in [-0.1, -0.05) is 6.07 Å². The second-order valence-electron chi connectivity index (χ2n) is 1.92.